The minimum absolute atomic E-state index is 0.00438. The zero-order valence-corrected chi connectivity index (χ0v) is 26.4. The monoisotopic (exact) mass is 644 g/mol. The lowest BCUT2D eigenvalue weighted by atomic mass is 9.97. The third-order valence-corrected chi connectivity index (χ3v) is 8.82. The third kappa shape index (κ3) is 7.71. The topological polar surface area (TPSA) is 122 Å². The average Bonchev–Trinajstić information content (AvgIpc) is 3.08. The molecule has 2 unspecified atom stereocenters. The molecule has 2 aromatic carbocycles. The maximum Gasteiger partial charge on any atom is 0.254 e. The number of benzene rings is 2. The van der Waals surface area contributed by atoms with E-state index in [0.717, 1.165) is 24.1 Å². The van der Waals surface area contributed by atoms with Crippen LogP contribution >= 0.6 is 0 Å². The van der Waals surface area contributed by atoms with Gasteiger partial charge in [0, 0.05) is 61.7 Å². The van der Waals surface area contributed by atoms with Crippen LogP contribution in [0.4, 0.5) is 8.78 Å². The van der Waals surface area contributed by atoms with Crippen molar-refractivity contribution in [3.05, 3.63) is 99.6 Å². The first-order chi connectivity index (χ1) is 22.7. The van der Waals surface area contributed by atoms with Crippen LogP contribution in [0.3, 0.4) is 0 Å². The third-order valence-electron chi connectivity index (χ3n) is 8.82. The van der Waals surface area contributed by atoms with E-state index in [2.05, 4.69) is 30.4 Å². The van der Waals surface area contributed by atoms with Gasteiger partial charge in [-0.15, -0.1) is 0 Å². The molecule has 0 aliphatic carbocycles. The van der Waals surface area contributed by atoms with E-state index in [1.54, 1.807) is 12.1 Å². The molecule has 12 heteroatoms. The lowest BCUT2D eigenvalue weighted by Crippen LogP contribution is -2.55. The number of amides is 1. The van der Waals surface area contributed by atoms with Crippen LogP contribution in [0.5, 0.6) is 11.5 Å². The average molecular weight is 645 g/mol. The van der Waals surface area contributed by atoms with Crippen LogP contribution in [0.1, 0.15) is 66.2 Å². The highest BCUT2D eigenvalue weighted by Gasteiger charge is 2.34. The highest BCUT2D eigenvalue weighted by Crippen LogP contribution is 2.32. The summed E-state index contributed by atoms with van der Waals surface area (Å²) < 4.78 is 42.5. The quantitative estimate of drug-likeness (QED) is 0.255. The number of alkyl halides is 1. The van der Waals surface area contributed by atoms with Crippen LogP contribution in [0.15, 0.2) is 65.8 Å². The second-order valence-corrected chi connectivity index (χ2v) is 12.4. The van der Waals surface area contributed by atoms with Crippen LogP contribution in [-0.4, -0.2) is 75.5 Å². The number of H-pyrrole nitrogens is 1. The second kappa shape index (κ2) is 14.5. The fourth-order valence-corrected chi connectivity index (χ4v) is 6.05. The van der Waals surface area contributed by atoms with Gasteiger partial charge in [-0.3, -0.25) is 14.5 Å². The largest absolute Gasteiger partial charge is 0.457 e. The Balaban J connectivity index is 1.22. The molecule has 2 aromatic heterocycles. The van der Waals surface area contributed by atoms with Crippen LogP contribution in [-0.2, 0) is 11.2 Å². The summed E-state index contributed by atoms with van der Waals surface area (Å²) in [5.74, 6) is -0.674. The lowest BCUT2D eigenvalue weighted by molar-refractivity contribution is 0.00512. The predicted octanol–water partition coefficient (Wildman–Crippen LogP) is 5.19. The molecule has 2 saturated heterocycles. The molecule has 1 amide bonds. The molecule has 47 heavy (non-hydrogen) atoms. The van der Waals surface area contributed by atoms with Gasteiger partial charge < -0.3 is 19.8 Å². The van der Waals surface area contributed by atoms with Crippen LogP contribution in [0, 0.1) is 5.82 Å². The standard InChI is InChI=1S/C35H38F2N6O4/c1-21(2)30-7-8-31(42-41-30)22-3-5-26(6-4-22)47-33-17-27(28(36)16-23(33)15-24-18-38-20-39-34(24)44)35(45)40-32-9-12-43(19-29(32)37)25-10-13-46-14-11-25/h3-8,16-18,20-21,25,29,32H,9-15,19H2,1-2H3,(H,40,45)(H,38,39,44). The first-order valence-corrected chi connectivity index (χ1v) is 16.0. The van der Waals surface area contributed by atoms with E-state index in [1.165, 1.54) is 24.7 Å². The van der Waals surface area contributed by atoms with Gasteiger partial charge >= 0.3 is 0 Å². The van der Waals surface area contributed by atoms with E-state index in [0.29, 0.717) is 48.7 Å². The van der Waals surface area contributed by atoms with Crippen molar-refractivity contribution in [3.63, 3.8) is 0 Å². The lowest BCUT2D eigenvalue weighted by Gasteiger charge is -2.40. The van der Waals surface area contributed by atoms with Gasteiger partial charge in [0.05, 0.1) is 29.3 Å². The molecular weight excluding hydrogens is 606 g/mol. The molecule has 0 saturated carbocycles. The summed E-state index contributed by atoms with van der Waals surface area (Å²) >= 11 is 0. The van der Waals surface area contributed by atoms with Crippen LogP contribution in [0.25, 0.3) is 11.3 Å². The molecular formula is C35H38F2N6O4. The number of nitrogens with one attached hydrogen (secondary N) is 2. The Morgan fingerprint density at radius 1 is 1.09 bits per heavy atom. The van der Waals surface area contributed by atoms with Gasteiger partial charge in [-0.2, -0.15) is 10.2 Å². The summed E-state index contributed by atoms with van der Waals surface area (Å²) in [4.78, 5) is 34.4. The van der Waals surface area contributed by atoms with Crippen LogP contribution in [0.2, 0.25) is 0 Å². The van der Waals surface area contributed by atoms with Crippen molar-refractivity contribution < 1.29 is 23.0 Å². The molecule has 0 bridgehead atoms. The summed E-state index contributed by atoms with van der Waals surface area (Å²) in [6.45, 7) is 6.27. The van der Waals surface area contributed by atoms with Gasteiger partial charge in [-0.05, 0) is 73.7 Å². The van der Waals surface area contributed by atoms with E-state index in [1.807, 2.05) is 38.1 Å². The molecule has 246 valence electrons. The molecule has 2 aliphatic heterocycles. The number of hydrogen-bond donors (Lipinski definition) is 2. The number of piperidine rings is 1. The Labute approximate surface area is 271 Å². The van der Waals surface area contributed by atoms with E-state index in [9.17, 15) is 9.59 Å². The second-order valence-electron chi connectivity index (χ2n) is 12.4. The van der Waals surface area contributed by atoms with E-state index in [4.69, 9.17) is 9.47 Å². The number of carbonyl (C=O) groups excluding carboxylic acids is 1. The van der Waals surface area contributed by atoms with E-state index in [-0.39, 0.29) is 41.8 Å². The predicted molar refractivity (Wildman–Crippen MR) is 172 cm³/mol. The summed E-state index contributed by atoms with van der Waals surface area (Å²) in [6, 6.07) is 13.0. The molecule has 0 spiro atoms. The maximum atomic E-state index is 15.6. The summed E-state index contributed by atoms with van der Waals surface area (Å²) in [6.07, 6.45) is 3.50. The minimum Gasteiger partial charge on any atom is -0.457 e. The van der Waals surface area contributed by atoms with Crippen molar-refractivity contribution in [2.45, 2.75) is 63.7 Å². The number of aromatic amines is 1. The number of hydrogen-bond acceptors (Lipinski definition) is 8. The smallest absolute Gasteiger partial charge is 0.254 e. The number of carbonyl (C=O) groups is 1. The van der Waals surface area contributed by atoms with Gasteiger partial charge in [-0.25, -0.2) is 13.8 Å². The number of aromatic nitrogens is 4. The highest BCUT2D eigenvalue weighted by molar-refractivity contribution is 5.95. The SMILES string of the molecule is CC(C)c1ccc(-c2ccc(Oc3cc(C(=O)NC4CCN(C5CCOCC5)CC4F)c(F)cc3Cc3cnc[nH]c3=O)cc2)nn1. The minimum atomic E-state index is -1.30. The Morgan fingerprint density at radius 2 is 1.87 bits per heavy atom. The molecule has 4 heterocycles. The zero-order valence-electron chi connectivity index (χ0n) is 26.4. The van der Waals surface area contributed by atoms with E-state index < -0.39 is 23.9 Å². The molecule has 2 fully saturated rings. The van der Waals surface area contributed by atoms with Gasteiger partial charge in [0.1, 0.15) is 23.5 Å². The van der Waals surface area contributed by atoms with Crippen molar-refractivity contribution in [3.8, 4) is 22.8 Å². The Kier molecular flexibility index (Phi) is 9.98. The summed E-state index contributed by atoms with van der Waals surface area (Å²) in [5.41, 5.74) is 2.40. The maximum absolute atomic E-state index is 15.6. The van der Waals surface area contributed by atoms with Gasteiger partial charge in [0.15, 0.2) is 0 Å². The molecule has 10 nitrogen and oxygen atoms in total. The van der Waals surface area contributed by atoms with Crippen molar-refractivity contribution in [1.29, 1.82) is 0 Å². The Hall–Kier alpha value is -4.55. The first kappa shape index (κ1) is 32.4. The molecule has 2 aliphatic rings. The highest BCUT2D eigenvalue weighted by atomic mass is 19.1. The first-order valence-electron chi connectivity index (χ1n) is 16.0. The van der Waals surface area contributed by atoms with Gasteiger partial charge in [0.2, 0.25) is 0 Å². The van der Waals surface area contributed by atoms with Crippen molar-refractivity contribution in [2.24, 2.45) is 0 Å². The van der Waals surface area contributed by atoms with E-state index >= 15 is 8.78 Å². The van der Waals surface area contributed by atoms with Gasteiger partial charge in [-0.1, -0.05) is 13.8 Å². The molecule has 2 atom stereocenters. The van der Waals surface area contributed by atoms with Crippen molar-refractivity contribution in [1.82, 2.24) is 30.4 Å². The number of halogens is 2. The number of ether oxygens (including phenoxy) is 2. The number of nitrogens with zero attached hydrogens (tertiary/aromatic N) is 4. The van der Waals surface area contributed by atoms with Crippen LogP contribution < -0.4 is 15.6 Å². The van der Waals surface area contributed by atoms with Gasteiger partial charge in [0.25, 0.3) is 11.5 Å². The number of rotatable bonds is 9. The molecule has 6 rings (SSSR count). The summed E-state index contributed by atoms with van der Waals surface area (Å²) in [5, 5.41) is 11.3. The molecule has 4 aromatic rings. The molecule has 0 radical (unpaired) electrons. The fourth-order valence-electron chi connectivity index (χ4n) is 6.05. The Morgan fingerprint density at radius 3 is 2.55 bits per heavy atom. The van der Waals surface area contributed by atoms with Crippen molar-refractivity contribution >= 4 is 5.91 Å². The zero-order chi connectivity index (χ0) is 32.9. The normalized spacial score (nSPS) is 19.1. The van der Waals surface area contributed by atoms with Crippen molar-refractivity contribution in [2.75, 3.05) is 26.3 Å². The number of likely N-dealkylation sites (tertiary alicyclic amines) is 1. The summed E-state index contributed by atoms with van der Waals surface area (Å²) in [7, 11) is 0. The Bertz CT molecular complexity index is 1740. The fraction of sp³-hybridized carbons (Fsp3) is 0.400. The molecule has 2 N–H and O–H groups in total.